The molecular weight excluding hydrogens is 194 g/mol. The minimum atomic E-state index is -0.645. The molecule has 0 aliphatic rings. The topological polar surface area (TPSA) is 65.6 Å². The van der Waals surface area contributed by atoms with Gasteiger partial charge in [0.2, 0.25) is 0 Å². The average Bonchev–Trinajstić information content (AvgIpc) is 2.70. The molecule has 0 radical (unpaired) electrons. The van der Waals surface area contributed by atoms with Crippen LogP contribution in [-0.4, -0.2) is 29.4 Å². The summed E-state index contributed by atoms with van der Waals surface area (Å²) in [7, 11) is 0. The second-order valence-electron chi connectivity index (χ2n) is 3.63. The van der Waals surface area contributed by atoms with Crippen molar-refractivity contribution >= 4 is 0 Å². The third-order valence-corrected chi connectivity index (χ3v) is 2.21. The summed E-state index contributed by atoms with van der Waals surface area (Å²) < 4.78 is 5.05. The number of nitrogens with one attached hydrogen (secondary N) is 1. The van der Waals surface area contributed by atoms with Gasteiger partial charge in [-0.15, -0.1) is 0 Å². The number of aliphatic hydroxyl groups excluding tert-OH is 2. The molecule has 0 amide bonds. The highest BCUT2D eigenvalue weighted by atomic mass is 16.4. The number of rotatable bonds is 7. The highest BCUT2D eigenvalue weighted by molar-refractivity contribution is 5.02. The van der Waals surface area contributed by atoms with Gasteiger partial charge in [-0.1, -0.05) is 13.3 Å². The summed E-state index contributed by atoms with van der Waals surface area (Å²) in [5, 5.41) is 22.0. The minimum absolute atomic E-state index is 0.334. The highest BCUT2D eigenvalue weighted by Crippen LogP contribution is 2.11. The van der Waals surface area contributed by atoms with E-state index in [-0.39, 0.29) is 6.10 Å². The van der Waals surface area contributed by atoms with Gasteiger partial charge in [0.1, 0.15) is 11.9 Å². The van der Waals surface area contributed by atoms with Crippen molar-refractivity contribution in [3.8, 4) is 0 Å². The van der Waals surface area contributed by atoms with Crippen molar-refractivity contribution in [2.75, 3.05) is 13.1 Å². The number of furan rings is 1. The maximum absolute atomic E-state index is 9.61. The summed E-state index contributed by atoms with van der Waals surface area (Å²) in [5.74, 6) is 0.549. The molecule has 1 heterocycles. The normalized spacial score (nSPS) is 15.1. The molecule has 15 heavy (non-hydrogen) atoms. The van der Waals surface area contributed by atoms with Crippen molar-refractivity contribution in [1.29, 1.82) is 0 Å². The van der Waals surface area contributed by atoms with E-state index in [2.05, 4.69) is 5.32 Å². The first-order valence-electron chi connectivity index (χ1n) is 5.34. The van der Waals surface area contributed by atoms with Gasteiger partial charge in [-0.3, -0.25) is 0 Å². The van der Waals surface area contributed by atoms with Crippen molar-refractivity contribution < 1.29 is 14.6 Å². The molecule has 1 rings (SSSR count). The van der Waals surface area contributed by atoms with Crippen LogP contribution in [0.1, 0.15) is 31.6 Å². The lowest BCUT2D eigenvalue weighted by molar-refractivity contribution is 0.127. The molecule has 0 fully saturated rings. The Morgan fingerprint density at radius 3 is 2.80 bits per heavy atom. The molecular formula is C11H19NO3. The molecule has 3 N–H and O–H groups in total. The Kier molecular flexibility index (Phi) is 5.39. The second kappa shape index (κ2) is 6.61. The maximum atomic E-state index is 9.61. The van der Waals surface area contributed by atoms with E-state index in [1.165, 1.54) is 6.26 Å². The fraction of sp³-hybridized carbons (Fsp3) is 0.636. The summed E-state index contributed by atoms with van der Waals surface area (Å²) in [6, 6.07) is 3.47. The number of aliphatic hydroxyl groups is 2. The monoisotopic (exact) mass is 213 g/mol. The van der Waals surface area contributed by atoms with Crippen LogP contribution >= 0.6 is 0 Å². The largest absolute Gasteiger partial charge is 0.467 e. The fourth-order valence-electron chi connectivity index (χ4n) is 1.40. The van der Waals surface area contributed by atoms with Crippen LogP contribution < -0.4 is 5.32 Å². The Morgan fingerprint density at radius 2 is 2.20 bits per heavy atom. The predicted molar refractivity (Wildman–Crippen MR) is 57.5 cm³/mol. The van der Waals surface area contributed by atoms with Crippen molar-refractivity contribution in [2.24, 2.45) is 0 Å². The van der Waals surface area contributed by atoms with Gasteiger partial charge in [0.25, 0.3) is 0 Å². The van der Waals surface area contributed by atoms with E-state index in [1.54, 1.807) is 12.1 Å². The Hall–Kier alpha value is -0.840. The van der Waals surface area contributed by atoms with E-state index < -0.39 is 6.10 Å². The van der Waals surface area contributed by atoms with Gasteiger partial charge in [-0.25, -0.2) is 0 Å². The lowest BCUT2D eigenvalue weighted by Gasteiger charge is -2.12. The van der Waals surface area contributed by atoms with Gasteiger partial charge < -0.3 is 19.9 Å². The first-order valence-corrected chi connectivity index (χ1v) is 5.34. The first-order chi connectivity index (χ1) is 7.24. The van der Waals surface area contributed by atoms with Gasteiger partial charge in [0.05, 0.1) is 12.4 Å². The zero-order chi connectivity index (χ0) is 11.1. The Morgan fingerprint density at radius 1 is 1.40 bits per heavy atom. The van der Waals surface area contributed by atoms with Gasteiger partial charge in [0.15, 0.2) is 0 Å². The second-order valence-corrected chi connectivity index (χ2v) is 3.63. The van der Waals surface area contributed by atoms with E-state index in [0.29, 0.717) is 18.8 Å². The molecule has 86 valence electrons. The third kappa shape index (κ3) is 4.46. The van der Waals surface area contributed by atoms with Crippen molar-refractivity contribution in [1.82, 2.24) is 5.32 Å². The van der Waals surface area contributed by atoms with E-state index in [4.69, 9.17) is 4.42 Å². The molecule has 0 aliphatic carbocycles. The van der Waals surface area contributed by atoms with Gasteiger partial charge in [0, 0.05) is 13.1 Å². The van der Waals surface area contributed by atoms with Gasteiger partial charge in [-0.05, 0) is 18.6 Å². The van der Waals surface area contributed by atoms with Gasteiger partial charge in [-0.2, -0.15) is 0 Å². The van der Waals surface area contributed by atoms with Crippen molar-refractivity contribution in [3.05, 3.63) is 24.2 Å². The van der Waals surface area contributed by atoms with Crippen LogP contribution in [0, 0.1) is 0 Å². The molecule has 4 nitrogen and oxygen atoms in total. The fourth-order valence-corrected chi connectivity index (χ4v) is 1.40. The van der Waals surface area contributed by atoms with Gasteiger partial charge >= 0.3 is 0 Å². The molecule has 0 saturated heterocycles. The van der Waals surface area contributed by atoms with Crippen LogP contribution in [0.25, 0.3) is 0 Å². The Bertz CT molecular complexity index is 248. The maximum Gasteiger partial charge on any atom is 0.133 e. The first kappa shape index (κ1) is 12.2. The quantitative estimate of drug-likeness (QED) is 0.633. The van der Waals surface area contributed by atoms with Crippen LogP contribution in [0.5, 0.6) is 0 Å². The molecule has 2 atom stereocenters. The van der Waals surface area contributed by atoms with Crippen LogP contribution in [0.4, 0.5) is 0 Å². The van der Waals surface area contributed by atoms with Crippen LogP contribution in [-0.2, 0) is 0 Å². The van der Waals surface area contributed by atoms with E-state index in [9.17, 15) is 10.2 Å². The molecule has 1 aromatic rings. The SMILES string of the molecule is CCCC(O)CNCC(O)c1ccco1. The molecule has 2 unspecified atom stereocenters. The Balaban J connectivity index is 2.15. The summed E-state index contributed by atoms with van der Waals surface area (Å²) in [4.78, 5) is 0. The predicted octanol–water partition coefficient (Wildman–Crippen LogP) is 1.06. The standard InChI is InChI=1S/C11H19NO3/c1-2-4-9(13)7-12-8-10(14)11-5-3-6-15-11/h3,5-6,9-10,12-14H,2,4,7-8H2,1H3. The summed E-state index contributed by atoms with van der Waals surface area (Å²) in [6.07, 6.45) is 2.30. The van der Waals surface area contributed by atoms with Crippen LogP contribution in [0.3, 0.4) is 0 Å². The summed E-state index contributed by atoms with van der Waals surface area (Å²) >= 11 is 0. The molecule has 0 bridgehead atoms. The molecule has 1 aromatic heterocycles. The average molecular weight is 213 g/mol. The van der Waals surface area contributed by atoms with E-state index >= 15 is 0 Å². The lowest BCUT2D eigenvalue weighted by Crippen LogP contribution is -2.30. The Labute approximate surface area is 89.9 Å². The lowest BCUT2D eigenvalue weighted by atomic mass is 10.2. The number of hydrogen-bond donors (Lipinski definition) is 3. The third-order valence-electron chi connectivity index (χ3n) is 2.21. The molecule has 4 heteroatoms. The molecule has 0 aromatic carbocycles. The smallest absolute Gasteiger partial charge is 0.133 e. The van der Waals surface area contributed by atoms with Crippen LogP contribution in [0.15, 0.2) is 22.8 Å². The van der Waals surface area contributed by atoms with Crippen LogP contribution in [0.2, 0.25) is 0 Å². The number of hydrogen-bond acceptors (Lipinski definition) is 4. The van der Waals surface area contributed by atoms with Crippen molar-refractivity contribution in [2.45, 2.75) is 32.0 Å². The summed E-state index contributed by atoms with van der Waals surface area (Å²) in [5.41, 5.74) is 0. The van der Waals surface area contributed by atoms with Crippen molar-refractivity contribution in [3.63, 3.8) is 0 Å². The summed E-state index contributed by atoms with van der Waals surface area (Å²) in [6.45, 7) is 2.93. The minimum Gasteiger partial charge on any atom is -0.467 e. The zero-order valence-corrected chi connectivity index (χ0v) is 9.02. The molecule has 0 spiro atoms. The molecule has 0 saturated carbocycles. The van der Waals surface area contributed by atoms with E-state index in [0.717, 1.165) is 12.8 Å². The highest BCUT2D eigenvalue weighted by Gasteiger charge is 2.10. The molecule has 0 aliphatic heterocycles. The van der Waals surface area contributed by atoms with E-state index in [1.807, 2.05) is 6.92 Å². The zero-order valence-electron chi connectivity index (χ0n) is 9.02.